The number of carbonyl (C=O) groups is 1. The van der Waals surface area contributed by atoms with E-state index >= 15 is 0 Å². The molecule has 1 aliphatic carbocycles. The first kappa shape index (κ1) is 21.7. The zero-order chi connectivity index (χ0) is 22.7. The summed E-state index contributed by atoms with van der Waals surface area (Å²) < 4.78 is 40.9. The summed E-state index contributed by atoms with van der Waals surface area (Å²) in [5.41, 5.74) is 1.29. The van der Waals surface area contributed by atoms with Crippen molar-refractivity contribution in [2.45, 2.75) is 31.9 Å². The van der Waals surface area contributed by atoms with E-state index in [2.05, 4.69) is 20.6 Å². The fraction of sp³-hybridized carbons (Fsp3) is 0.348. The molecule has 0 bridgehead atoms. The number of benzene rings is 1. The summed E-state index contributed by atoms with van der Waals surface area (Å²) in [7, 11) is 0. The second kappa shape index (κ2) is 8.91. The maximum Gasteiger partial charge on any atom is 0.419 e. The number of carbonyl (C=O) groups excluding carboxylic acids is 1. The Morgan fingerprint density at radius 3 is 2.59 bits per heavy atom. The first-order chi connectivity index (χ1) is 15.4. The highest BCUT2D eigenvalue weighted by Gasteiger charge is 2.35. The van der Waals surface area contributed by atoms with Gasteiger partial charge in [-0.3, -0.25) is 4.79 Å². The van der Waals surface area contributed by atoms with Crippen LogP contribution < -0.4 is 10.6 Å². The summed E-state index contributed by atoms with van der Waals surface area (Å²) in [5, 5.41) is 15.0. The molecule has 2 aromatic heterocycles. The molecule has 2 heterocycles. The van der Waals surface area contributed by atoms with Crippen LogP contribution in [0.2, 0.25) is 0 Å². The second-order valence-electron chi connectivity index (χ2n) is 7.88. The van der Waals surface area contributed by atoms with Gasteiger partial charge in [-0.25, -0.2) is 4.98 Å². The van der Waals surface area contributed by atoms with Crippen LogP contribution in [0, 0.1) is 17.2 Å². The molecule has 9 heteroatoms. The molecule has 6 nitrogen and oxygen atoms in total. The van der Waals surface area contributed by atoms with Crippen LogP contribution in [0.4, 0.5) is 18.9 Å². The first-order valence-corrected chi connectivity index (χ1v) is 10.5. The Labute approximate surface area is 182 Å². The molecule has 1 amide bonds. The molecule has 1 aromatic carbocycles. The van der Waals surface area contributed by atoms with Gasteiger partial charge in [0.05, 0.1) is 22.9 Å². The van der Waals surface area contributed by atoms with Gasteiger partial charge in [0.2, 0.25) is 5.91 Å². The summed E-state index contributed by atoms with van der Waals surface area (Å²) in [6.45, 7) is 0.673. The molecule has 1 fully saturated rings. The molecule has 0 unspecified atom stereocenters. The molecule has 1 aliphatic rings. The zero-order valence-electron chi connectivity index (χ0n) is 17.2. The van der Waals surface area contributed by atoms with Gasteiger partial charge in [-0.15, -0.1) is 0 Å². The second-order valence-corrected chi connectivity index (χ2v) is 7.88. The van der Waals surface area contributed by atoms with Crippen LogP contribution in [0.3, 0.4) is 0 Å². The number of nitriles is 1. The molecule has 0 radical (unpaired) electrons. The molecule has 0 saturated heterocycles. The van der Waals surface area contributed by atoms with Gasteiger partial charge in [-0.2, -0.15) is 18.4 Å². The maximum atomic E-state index is 13.6. The van der Waals surface area contributed by atoms with Crippen LogP contribution in [-0.2, 0) is 11.0 Å². The highest BCUT2D eigenvalue weighted by molar-refractivity contribution is 5.95. The quantitative estimate of drug-likeness (QED) is 0.458. The van der Waals surface area contributed by atoms with E-state index in [1.54, 1.807) is 30.3 Å². The van der Waals surface area contributed by atoms with Crippen molar-refractivity contribution in [2.75, 3.05) is 18.4 Å². The minimum atomic E-state index is -4.56. The molecule has 0 spiro atoms. The number of anilines is 1. The van der Waals surface area contributed by atoms with Gasteiger partial charge in [0, 0.05) is 36.3 Å². The largest absolute Gasteiger partial charge is 0.419 e. The number of amides is 1. The van der Waals surface area contributed by atoms with Crippen molar-refractivity contribution in [3.63, 3.8) is 0 Å². The van der Waals surface area contributed by atoms with Gasteiger partial charge < -0.3 is 15.6 Å². The summed E-state index contributed by atoms with van der Waals surface area (Å²) in [6, 6.07) is 10.4. The number of aromatic amines is 1. The Bertz CT molecular complexity index is 1160. The average molecular weight is 441 g/mol. The van der Waals surface area contributed by atoms with E-state index in [1.165, 1.54) is 0 Å². The fourth-order valence-electron chi connectivity index (χ4n) is 3.69. The van der Waals surface area contributed by atoms with E-state index in [4.69, 9.17) is 5.26 Å². The lowest BCUT2D eigenvalue weighted by Crippen LogP contribution is -2.35. The Kier molecular flexibility index (Phi) is 6.04. The van der Waals surface area contributed by atoms with Crippen LogP contribution >= 0.6 is 0 Å². The number of alkyl halides is 3. The van der Waals surface area contributed by atoms with E-state index in [0.717, 1.165) is 31.0 Å². The number of hydrogen-bond acceptors (Lipinski definition) is 4. The molecule has 0 aliphatic heterocycles. The molecular weight excluding hydrogens is 419 g/mol. The Morgan fingerprint density at radius 2 is 1.97 bits per heavy atom. The summed E-state index contributed by atoms with van der Waals surface area (Å²) in [5.74, 6) is 0.108. The Morgan fingerprint density at radius 1 is 1.22 bits per heavy atom. The topological polar surface area (TPSA) is 93.6 Å². The molecular formula is C23H22F3N5O. The SMILES string of the molecule is N#Cc1ccc(-c2cc3c(NCCCNC(=O)C4CCC4)c(C(F)(F)F)cnc3[nH]2)cc1. The predicted molar refractivity (Wildman–Crippen MR) is 115 cm³/mol. The Balaban J connectivity index is 1.53. The number of nitrogens with one attached hydrogen (secondary N) is 3. The number of aromatic nitrogens is 2. The fourth-order valence-corrected chi connectivity index (χ4v) is 3.69. The molecule has 166 valence electrons. The van der Waals surface area contributed by atoms with Gasteiger partial charge >= 0.3 is 6.18 Å². The normalized spacial score (nSPS) is 14.1. The van der Waals surface area contributed by atoms with Crippen molar-refractivity contribution in [3.8, 4) is 17.3 Å². The lowest BCUT2D eigenvalue weighted by molar-refractivity contribution is -0.137. The van der Waals surface area contributed by atoms with Crippen LogP contribution in [0.5, 0.6) is 0 Å². The van der Waals surface area contributed by atoms with Crippen molar-refractivity contribution in [3.05, 3.63) is 47.7 Å². The van der Waals surface area contributed by atoms with Crippen molar-refractivity contribution >= 4 is 22.6 Å². The lowest BCUT2D eigenvalue weighted by Gasteiger charge is -2.24. The smallest absolute Gasteiger partial charge is 0.384 e. The summed E-state index contributed by atoms with van der Waals surface area (Å²) >= 11 is 0. The van der Waals surface area contributed by atoms with Gasteiger partial charge in [-0.1, -0.05) is 18.6 Å². The highest BCUT2D eigenvalue weighted by atomic mass is 19.4. The number of fused-ring (bicyclic) bond motifs is 1. The van der Waals surface area contributed by atoms with E-state index in [1.807, 2.05) is 6.07 Å². The number of hydrogen-bond donors (Lipinski definition) is 3. The molecule has 4 rings (SSSR count). The zero-order valence-corrected chi connectivity index (χ0v) is 17.2. The number of pyridine rings is 1. The predicted octanol–water partition coefficient (Wildman–Crippen LogP) is 4.84. The third-order valence-corrected chi connectivity index (χ3v) is 5.72. The van der Waals surface area contributed by atoms with E-state index in [-0.39, 0.29) is 24.1 Å². The van der Waals surface area contributed by atoms with Crippen molar-refractivity contribution < 1.29 is 18.0 Å². The van der Waals surface area contributed by atoms with Gasteiger partial charge in [0.1, 0.15) is 5.65 Å². The van der Waals surface area contributed by atoms with Crippen LogP contribution in [0.15, 0.2) is 36.5 Å². The average Bonchev–Trinajstić information content (AvgIpc) is 3.16. The van der Waals surface area contributed by atoms with Crippen molar-refractivity contribution in [1.82, 2.24) is 15.3 Å². The summed E-state index contributed by atoms with van der Waals surface area (Å²) in [6.07, 6.45) is -0.367. The van der Waals surface area contributed by atoms with Crippen molar-refractivity contribution in [1.29, 1.82) is 5.26 Å². The standard InChI is InChI=1S/C23H22F3N5O/c24-23(25,26)18-13-30-21-17(11-19(31-21)15-7-5-14(12-27)6-8-15)20(18)28-9-2-10-29-22(32)16-3-1-4-16/h5-8,11,13,16H,1-4,9-10H2,(H,29,32)(H2,28,30,31). The minimum Gasteiger partial charge on any atom is -0.384 e. The van der Waals surface area contributed by atoms with Crippen molar-refractivity contribution in [2.24, 2.45) is 5.92 Å². The van der Waals surface area contributed by atoms with E-state index in [9.17, 15) is 18.0 Å². The third kappa shape index (κ3) is 4.54. The van der Waals surface area contributed by atoms with E-state index < -0.39 is 11.7 Å². The number of rotatable bonds is 7. The summed E-state index contributed by atoms with van der Waals surface area (Å²) in [4.78, 5) is 18.9. The van der Waals surface area contributed by atoms with Gasteiger partial charge in [0.15, 0.2) is 0 Å². The number of H-pyrrole nitrogens is 1. The highest BCUT2D eigenvalue weighted by Crippen LogP contribution is 2.39. The van der Waals surface area contributed by atoms with Gasteiger partial charge in [0.25, 0.3) is 0 Å². The lowest BCUT2D eigenvalue weighted by atomic mass is 9.85. The van der Waals surface area contributed by atoms with Crippen LogP contribution in [0.1, 0.15) is 36.8 Å². The molecule has 0 atom stereocenters. The molecule has 3 aromatic rings. The molecule has 1 saturated carbocycles. The maximum absolute atomic E-state index is 13.6. The van der Waals surface area contributed by atoms with Crippen LogP contribution in [0.25, 0.3) is 22.3 Å². The monoisotopic (exact) mass is 441 g/mol. The Hall–Kier alpha value is -3.54. The number of halogens is 3. The first-order valence-electron chi connectivity index (χ1n) is 10.5. The molecule has 32 heavy (non-hydrogen) atoms. The third-order valence-electron chi connectivity index (χ3n) is 5.72. The van der Waals surface area contributed by atoms with Gasteiger partial charge in [-0.05, 0) is 43.0 Å². The molecule has 3 N–H and O–H groups in total. The van der Waals surface area contributed by atoms with E-state index in [0.29, 0.717) is 35.3 Å². The minimum absolute atomic E-state index is 0.0243. The van der Waals surface area contributed by atoms with Crippen LogP contribution in [-0.4, -0.2) is 29.0 Å². The number of nitrogens with zero attached hydrogens (tertiary/aromatic N) is 2.